The van der Waals surface area contributed by atoms with Crippen LogP contribution < -0.4 is 0 Å². The number of hydrogen-bond donors (Lipinski definition) is 1. The van der Waals surface area contributed by atoms with Gasteiger partial charge >= 0.3 is 0 Å². The van der Waals surface area contributed by atoms with Crippen molar-refractivity contribution in [1.82, 2.24) is 9.91 Å². The zero-order valence-corrected chi connectivity index (χ0v) is 8.67. The van der Waals surface area contributed by atoms with Gasteiger partial charge in [-0.1, -0.05) is 0 Å². The normalized spacial score (nSPS) is 23.4. The fourth-order valence-electron chi connectivity index (χ4n) is 1.10. The van der Waals surface area contributed by atoms with Gasteiger partial charge in [0.15, 0.2) is 0 Å². The maximum absolute atomic E-state index is 4.32. The molecular weight excluding hydrogens is 170 g/mol. The Balaban J connectivity index is 2.26. The lowest BCUT2D eigenvalue weighted by molar-refractivity contribution is 0.159. The highest BCUT2D eigenvalue weighted by Crippen LogP contribution is 1.99. The van der Waals surface area contributed by atoms with Gasteiger partial charge in [0.25, 0.3) is 0 Å². The van der Waals surface area contributed by atoms with E-state index in [-0.39, 0.29) is 5.25 Å². The van der Waals surface area contributed by atoms with E-state index in [9.17, 15) is 0 Å². The van der Waals surface area contributed by atoms with Crippen molar-refractivity contribution in [3.63, 3.8) is 0 Å². The molecule has 1 rings (SSSR count). The molecule has 0 radical (unpaired) electrons. The lowest BCUT2D eigenvalue weighted by atomic mass is 10.4. The van der Waals surface area contributed by atoms with Crippen molar-refractivity contribution in [2.75, 3.05) is 33.2 Å². The molecule has 0 aromatic heterocycles. The standard InChI is InChI=1S/C8H17N3S/c1-8(12)7-9-11-5-3-10(2)4-6-11/h7-8,12H,3-6H2,1-2H3/b9-7+. The van der Waals surface area contributed by atoms with E-state index in [1.54, 1.807) is 0 Å². The molecule has 1 saturated heterocycles. The summed E-state index contributed by atoms with van der Waals surface area (Å²) in [7, 11) is 2.14. The summed E-state index contributed by atoms with van der Waals surface area (Å²) in [4.78, 5) is 2.32. The molecule has 1 aliphatic heterocycles. The van der Waals surface area contributed by atoms with Crippen molar-refractivity contribution >= 4 is 18.8 Å². The van der Waals surface area contributed by atoms with Gasteiger partial charge in [0.1, 0.15) is 0 Å². The van der Waals surface area contributed by atoms with Gasteiger partial charge in [0.05, 0.1) is 0 Å². The van der Waals surface area contributed by atoms with Crippen LogP contribution in [-0.4, -0.2) is 54.6 Å². The van der Waals surface area contributed by atoms with Gasteiger partial charge in [-0.3, -0.25) is 5.01 Å². The van der Waals surface area contributed by atoms with Crippen molar-refractivity contribution in [2.24, 2.45) is 5.10 Å². The molecular formula is C8H17N3S. The van der Waals surface area contributed by atoms with Gasteiger partial charge < -0.3 is 4.90 Å². The predicted octanol–water partition coefficient (Wildman–Crippen LogP) is 0.538. The number of thiol groups is 1. The Kier molecular flexibility index (Phi) is 3.88. The SMILES string of the molecule is CC(S)/C=N/N1CCN(C)CC1. The summed E-state index contributed by atoms with van der Waals surface area (Å²) in [5.74, 6) is 0. The molecule has 0 aromatic carbocycles. The number of likely N-dealkylation sites (N-methyl/N-ethyl adjacent to an activating group) is 1. The summed E-state index contributed by atoms with van der Waals surface area (Å²) in [5, 5.41) is 6.68. The van der Waals surface area contributed by atoms with Crippen LogP contribution in [0.3, 0.4) is 0 Å². The Bertz CT molecular complexity index is 150. The van der Waals surface area contributed by atoms with Crippen LogP contribution in [0.15, 0.2) is 5.10 Å². The largest absolute Gasteiger partial charge is 0.303 e. The van der Waals surface area contributed by atoms with E-state index in [4.69, 9.17) is 0 Å². The molecule has 1 unspecified atom stereocenters. The molecule has 0 spiro atoms. The third-order valence-corrected chi connectivity index (χ3v) is 2.06. The number of hydrazone groups is 1. The second-order valence-corrected chi connectivity index (χ2v) is 4.08. The van der Waals surface area contributed by atoms with Crippen LogP contribution in [0.5, 0.6) is 0 Å². The van der Waals surface area contributed by atoms with Crippen molar-refractivity contribution in [1.29, 1.82) is 0 Å². The molecule has 1 heterocycles. The Hall–Kier alpha value is -0.220. The van der Waals surface area contributed by atoms with Crippen molar-refractivity contribution in [3.05, 3.63) is 0 Å². The maximum atomic E-state index is 4.32. The second-order valence-electron chi connectivity index (χ2n) is 3.26. The minimum Gasteiger partial charge on any atom is -0.303 e. The average molecular weight is 187 g/mol. The van der Waals surface area contributed by atoms with Gasteiger partial charge in [0.2, 0.25) is 0 Å². The monoisotopic (exact) mass is 187 g/mol. The van der Waals surface area contributed by atoms with E-state index < -0.39 is 0 Å². The van der Waals surface area contributed by atoms with Gasteiger partial charge in [0, 0.05) is 37.6 Å². The van der Waals surface area contributed by atoms with Crippen LogP contribution in [0.2, 0.25) is 0 Å². The van der Waals surface area contributed by atoms with E-state index in [2.05, 4.69) is 34.7 Å². The van der Waals surface area contributed by atoms with Gasteiger partial charge in [-0.25, -0.2) is 0 Å². The van der Waals surface area contributed by atoms with Gasteiger partial charge in [-0.2, -0.15) is 17.7 Å². The van der Waals surface area contributed by atoms with Crippen LogP contribution in [0.25, 0.3) is 0 Å². The molecule has 70 valence electrons. The molecule has 4 heteroatoms. The number of nitrogens with zero attached hydrogens (tertiary/aromatic N) is 3. The minimum atomic E-state index is 0.254. The van der Waals surface area contributed by atoms with Crippen LogP contribution in [0, 0.1) is 0 Å². The first kappa shape index (κ1) is 9.86. The molecule has 0 bridgehead atoms. The predicted molar refractivity (Wildman–Crippen MR) is 56.0 cm³/mol. The molecule has 0 N–H and O–H groups in total. The Morgan fingerprint density at radius 2 is 1.92 bits per heavy atom. The van der Waals surface area contributed by atoms with E-state index in [0.717, 1.165) is 26.2 Å². The van der Waals surface area contributed by atoms with Crippen molar-refractivity contribution in [2.45, 2.75) is 12.2 Å². The zero-order chi connectivity index (χ0) is 8.97. The van der Waals surface area contributed by atoms with Gasteiger partial charge in [-0.05, 0) is 14.0 Å². The summed E-state index contributed by atoms with van der Waals surface area (Å²) >= 11 is 4.23. The van der Waals surface area contributed by atoms with Crippen LogP contribution in [0.1, 0.15) is 6.92 Å². The molecule has 0 aliphatic carbocycles. The molecule has 3 nitrogen and oxygen atoms in total. The number of rotatable bonds is 2. The fraction of sp³-hybridized carbons (Fsp3) is 0.875. The summed E-state index contributed by atoms with van der Waals surface area (Å²) in [5.41, 5.74) is 0. The third-order valence-electron chi connectivity index (χ3n) is 1.93. The highest BCUT2D eigenvalue weighted by Gasteiger charge is 2.10. The minimum absolute atomic E-state index is 0.254. The summed E-state index contributed by atoms with van der Waals surface area (Å²) in [6.45, 7) is 6.31. The number of hydrogen-bond acceptors (Lipinski definition) is 4. The molecule has 12 heavy (non-hydrogen) atoms. The first-order valence-corrected chi connectivity index (χ1v) is 4.86. The molecule has 0 aromatic rings. The number of piperazine rings is 1. The molecule has 1 fully saturated rings. The average Bonchev–Trinajstić information content (AvgIpc) is 2.03. The van der Waals surface area contributed by atoms with E-state index in [0.29, 0.717) is 0 Å². The summed E-state index contributed by atoms with van der Waals surface area (Å²) in [6, 6.07) is 0. The lowest BCUT2D eigenvalue weighted by Crippen LogP contribution is -2.41. The Morgan fingerprint density at radius 3 is 2.42 bits per heavy atom. The smallest absolute Gasteiger partial charge is 0.0488 e. The molecule has 0 amide bonds. The maximum Gasteiger partial charge on any atom is 0.0488 e. The highest BCUT2D eigenvalue weighted by atomic mass is 32.1. The topological polar surface area (TPSA) is 18.8 Å². The van der Waals surface area contributed by atoms with Crippen LogP contribution in [-0.2, 0) is 0 Å². The summed E-state index contributed by atoms with van der Waals surface area (Å²) < 4.78 is 0. The summed E-state index contributed by atoms with van der Waals surface area (Å²) in [6.07, 6.45) is 1.88. The lowest BCUT2D eigenvalue weighted by Gasteiger charge is -2.30. The van der Waals surface area contributed by atoms with Crippen LogP contribution >= 0.6 is 12.6 Å². The molecule has 1 aliphatic rings. The Labute approximate surface area is 79.8 Å². The Morgan fingerprint density at radius 1 is 1.33 bits per heavy atom. The molecule has 0 saturated carbocycles. The first-order chi connectivity index (χ1) is 5.68. The van der Waals surface area contributed by atoms with Gasteiger partial charge in [-0.15, -0.1) is 0 Å². The zero-order valence-electron chi connectivity index (χ0n) is 7.77. The first-order valence-electron chi connectivity index (χ1n) is 4.34. The quantitative estimate of drug-likeness (QED) is 0.502. The third kappa shape index (κ3) is 3.45. The highest BCUT2D eigenvalue weighted by molar-refractivity contribution is 7.81. The van der Waals surface area contributed by atoms with E-state index in [1.807, 2.05) is 13.1 Å². The van der Waals surface area contributed by atoms with Crippen LogP contribution in [0.4, 0.5) is 0 Å². The van der Waals surface area contributed by atoms with E-state index in [1.165, 1.54) is 0 Å². The van der Waals surface area contributed by atoms with Crippen molar-refractivity contribution in [3.8, 4) is 0 Å². The molecule has 1 atom stereocenters. The second kappa shape index (κ2) is 4.72. The van der Waals surface area contributed by atoms with Crippen molar-refractivity contribution < 1.29 is 0 Å². The van der Waals surface area contributed by atoms with E-state index >= 15 is 0 Å². The fourth-order valence-corrected chi connectivity index (χ4v) is 1.16.